The van der Waals surface area contributed by atoms with Gasteiger partial charge in [-0.1, -0.05) is 41.9 Å². The second-order valence-corrected chi connectivity index (χ2v) is 10.7. The standard InChI is InChI=1S/C30H23ClF6N4O2/c31-22-9-7-18(8-10-22)16-28(26(42)19-13-20(29(32,33)34)15-21(14-19)30(35,36)37)11-3-4-12-41(28)40-27(43)25-23-5-1-2-6-24(23)38-17-39-25/h1-2,5-10,13-15,17H,3-4,11-12,16H2,(H,40,43)/t28-/m1/s1. The van der Waals surface area contributed by atoms with Crippen LogP contribution in [0.3, 0.4) is 0 Å². The molecular formula is C30H23ClF6N4O2. The molecule has 5 rings (SSSR count). The smallest absolute Gasteiger partial charge is 0.292 e. The van der Waals surface area contributed by atoms with E-state index in [-0.39, 0.29) is 31.1 Å². The van der Waals surface area contributed by atoms with Gasteiger partial charge in [-0.2, -0.15) is 26.3 Å². The molecule has 13 heteroatoms. The van der Waals surface area contributed by atoms with Crippen LogP contribution in [-0.4, -0.2) is 38.8 Å². The lowest BCUT2D eigenvalue weighted by molar-refractivity contribution is -0.143. The molecule has 0 bridgehead atoms. The van der Waals surface area contributed by atoms with Gasteiger partial charge in [0.25, 0.3) is 5.91 Å². The first-order chi connectivity index (χ1) is 20.3. The highest BCUT2D eigenvalue weighted by molar-refractivity contribution is 6.30. The number of ketones is 1. The molecule has 1 amide bonds. The van der Waals surface area contributed by atoms with Crippen molar-refractivity contribution in [3.63, 3.8) is 0 Å². The van der Waals surface area contributed by atoms with Gasteiger partial charge >= 0.3 is 12.4 Å². The topological polar surface area (TPSA) is 75.2 Å². The van der Waals surface area contributed by atoms with Crippen molar-refractivity contribution < 1.29 is 35.9 Å². The summed E-state index contributed by atoms with van der Waals surface area (Å²) in [5, 5.41) is 2.13. The fraction of sp³-hybridized carbons (Fsp3) is 0.267. The van der Waals surface area contributed by atoms with Crippen molar-refractivity contribution in [1.82, 2.24) is 20.4 Å². The van der Waals surface area contributed by atoms with Gasteiger partial charge in [-0.25, -0.2) is 15.0 Å². The summed E-state index contributed by atoms with van der Waals surface area (Å²) in [5.41, 5.74) is -2.01. The van der Waals surface area contributed by atoms with Crippen molar-refractivity contribution in [3.05, 3.63) is 106 Å². The normalized spacial score (nSPS) is 18.0. The van der Waals surface area contributed by atoms with E-state index < -0.39 is 46.3 Å². The number of nitrogens with zero attached hydrogens (tertiary/aromatic N) is 3. The molecule has 0 radical (unpaired) electrons. The average Bonchev–Trinajstić information content (AvgIpc) is 2.97. The SMILES string of the molecule is O=C(NN1CCCC[C@@]1(Cc1ccc(Cl)cc1)C(=O)c1cc(C(F)(F)F)cc(C(F)(F)F)c1)c1ncnc2ccccc12. The Morgan fingerprint density at radius 3 is 2.19 bits per heavy atom. The lowest BCUT2D eigenvalue weighted by Gasteiger charge is -2.46. The summed E-state index contributed by atoms with van der Waals surface area (Å²) in [4.78, 5) is 36.1. The van der Waals surface area contributed by atoms with Gasteiger partial charge in [0, 0.05) is 28.9 Å². The monoisotopic (exact) mass is 620 g/mol. The number of carbonyl (C=O) groups is 2. The molecule has 1 atom stereocenters. The van der Waals surface area contributed by atoms with Gasteiger partial charge in [0.05, 0.1) is 16.6 Å². The number of piperidine rings is 1. The minimum atomic E-state index is -5.14. The first-order valence-corrected chi connectivity index (χ1v) is 13.5. The second-order valence-electron chi connectivity index (χ2n) is 10.2. The first kappa shape index (κ1) is 30.4. The molecule has 224 valence electrons. The molecule has 1 saturated heterocycles. The molecule has 2 heterocycles. The summed E-state index contributed by atoms with van der Waals surface area (Å²) in [6.45, 7) is 0.0964. The fourth-order valence-corrected chi connectivity index (χ4v) is 5.48. The highest BCUT2D eigenvalue weighted by Crippen LogP contribution is 2.40. The minimum absolute atomic E-state index is 0.0116. The van der Waals surface area contributed by atoms with E-state index in [9.17, 15) is 35.9 Å². The molecule has 6 nitrogen and oxygen atoms in total. The number of hydrogen-bond acceptors (Lipinski definition) is 5. The van der Waals surface area contributed by atoms with Crippen LogP contribution in [0.15, 0.2) is 73.1 Å². The summed E-state index contributed by atoms with van der Waals surface area (Å²) < 4.78 is 82.3. The maximum atomic E-state index is 14.3. The van der Waals surface area contributed by atoms with Crippen LogP contribution < -0.4 is 5.43 Å². The Balaban J connectivity index is 1.63. The third kappa shape index (κ3) is 6.35. The largest absolute Gasteiger partial charge is 0.416 e. The average molecular weight is 621 g/mol. The number of benzene rings is 3. The summed E-state index contributed by atoms with van der Waals surface area (Å²) in [6, 6.07) is 13.9. The number of halogens is 7. The van der Waals surface area contributed by atoms with Gasteiger partial charge in [0.2, 0.25) is 0 Å². The zero-order chi connectivity index (χ0) is 31.0. The van der Waals surface area contributed by atoms with E-state index in [2.05, 4.69) is 15.4 Å². The van der Waals surface area contributed by atoms with Gasteiger partial charge in [0.1, 0.15) is 17.6 Å². The second kappa shape index (κ2) is 11.6. The number of amides is 1. The van der Waals surface area contributed by atoms with Crippen molar-refractivity contribution in [2.45, 2.75) is 43.6 Å². The van der Waals surface area contributed by atoms with Crippen LogP contribution in [0.1, 0.15) is 56.8 Å². The number of fused-ring (bicyclic) bond motifs is 1. The lowest BCUT2D eigenvalue weighted by atomic mass is 9.76. The van der Waals surface area contributed by atoms with Crippen LogP contribution in [0, 0.1) is 0 Å². The van der Waals surface area contributed by atoms with Gasteiger partial charge in [-0.3, -0.25) is 15.0 Å². The van der Waals surface area contributed by atoms with Gasteiger partial charge in [-0.05, 0) is 61.2 Å². The highest BCUT2D eigenvalue weighted by atomic mass is 35.5. The van der Waals surface area contributed by atoms with Gasteiger partial charge in [-0.15, -0.1) is 0 Å². The van der Waals surface area contributed by atoms with E-state index in [1.807, 2.05) is 0 Å². The number of aromatic nitrogens is 2. The number of nitrogens with one attached hydrogen (secondary N) is 1. The Kier molecular flexibility index (Phi) is 8.19. The lowest BCUT2D eigenvalue weighted by Crippen LogP contribution is -2.64. The van der Waals surface area contributed by atoms with Crippen molar-refractivity contribution in [2.75, 3.05) is 6.54 Å². The zero-order valence-corrected chi connectivity index (χ0v) is 23.0. The number of para-hydroxylation sites is 1. The van der Waals surface area contributed by atoms with E-state index >= 15 is 0 Å². The van der Waals surface area contributed by atoms with Crippen LogP contribution in [0.4, 0.5) is 26.3 Å². The van der Waals surface area contributed by atoms with E-state index in [1.165, 1.54) is 11.3 Å². The van der Waals surface area contributed by atoms with Gasteiger partial charge in [0.15, 0.2) is 5.78 Å². The Labute approximate surface area is 246 Å². The summed E-state index contributed by atoms with van der Waals surface area (Å²) >= 11 is 6.02. The molecule has 43 heavy (non-hydrogen) atoms. The number of alkyl halides is 6. The molecule has 0 spiro atoms. The number of Topliss-reactive ketones (excluding diaryl/α,β-unsaturated/α-hetero) is 1. The molecular weight excluding hydrogens is 598 g/mol. The van der Waals surface area contributed by atoms with E-state index in [0.717, 1.165) is 0 Å². The number of rotatable bonds is 6. The van der Waals surface area contributed by atoms with Crippen molar-refractivity contribution in [3.8, 4) is 0 Å². The van der Waals surface area contributed by atoms with Crippen LogP contribution >= 0.6 is 11.6 Å². The first-order valence-electron chi connectivity index (χ1n) is 13.1. The molecule has 0 aliphatic carbocycles. The third-order valence-corrected chi connectivity index (χ3v) is 7.67. The predicted molar refractivity (Wildman–Crippen MR) is 146 cm³/mol. The molecule has 1 aliphatic rings. The Bertz CT molecular complexity index is 1640. The van der Waals surface area contributed by atoms with Gasteiger partial charge < -0.3 is 0 Å². The van der Waals surface area contributed by atoms with Crippen LogP contribution in [0.5, 0.6) is 0 Å². The number of carbonyl (C=O) groups excluding carboxylic acids is 2. The van der Waals surface area contributed by atoms with Crippen molar-refractivity contribution in [2.24, 2.45) is 0 Å². The molecule has 3 aromatic carbocycles. The maximum absolute atomic E-state index is 14.3. The fourth-order valence-electron chi connectivity index (χ4n) is 5.36. The zero-order valence-electron chi connectivity index (χ0n) is 22.3. The summed E-state index contributed by atoms with van der Waals surface area (Å²) in [5.74, 6) is -1.71. The molecule has 1 aromatic heterocycles. The highest BCUT2D eigenvalue weighted by Gasteiger charge is 2.48. The van der Waals surface area contributed by atoms with Crippen LogP contribution in [-0.2, 0) is 18.8 Å². The summed E-state index contributed by atoms with van der Waals surface area (Å²) in [6.07, 6.45) is -8.27. The van der Waals surface area contributed by atoms with Crippen molar-refractivity contribution >= 4 is 34.2 Å². The molecule has 0 saturated carbocycles. The molecule has 1 aliphatic heterocycles. The van der Waals surface area contributed by atoms with Crippen LogP contribution in [0.2, 0.25) is 5.02 Å². The van der Waals surface area contributed by atoms with Crippen LogP contribution in [0.25, 0.3) is 10.9 Å². The molecule has 4 aromatic rings. The third-order valence-electron chi connectivity index (χ3n) is 7.42. The Morgan fingerprint density at radius 1 is 0.884 bits per heavy atom. The quantitative estimate of drug-likeness (QED) is 0.181. The molecule has 1 N–H and O–H groups in total. The van der Waals surface area contributed by atoms with Crippen molar-refractivity contribution in [1.29, 1.82) is 0 Å². The Morgan fingerprint density at radius 2 is 1.53 bits per heavy atom. The minimum Gasteiger partial charge on any atom is -0.292 e. The maximum Gasteiger partial charge on any atom is 0.416 e. The van der Waals surface area contributed by atoms with E-state index in [4.69, 9.17) is 11.6 Å². The van der Waals surface area contributed by atoms with E-state index in [1.54, 1.807) is 48.5 Å². The Hall–Kier alpha value is -4.03. The number of hydrogen-bond donors (Lipinski definition) is 1. The molecule has 0 unspecified atom stereocenters. The number of hydrazine groups is 1. The van der Waals surface area contributed by atoms with E-state index in [0.29, 0.717) is 46.5 Å². The summed E-state index contributed by atoms with van der Waals surface area (Å²) in [7, 11) is 0. The predicted octanol–water partition coefficient (Wildman–Crippen LogP) is 7.32. The molecule has 1 fully saturated rings.